The molecule has 1 aliphatic heterocycles. The molecule has 0 aromatic carbocycles. The second-order valence-electron chi connectivity index (χ2n) is 1.61. The van der Waals surface area contributed by atoms with Crippen molar-refractivity contribution in [3.63, 3.8) is 0 Å². The average Bonchev–Trinajstić information content (AvgIpc) is 1.95. The highest BCUT2D eigenvalue weighted by molar-refractivity contribution is 5.13. The first kappa shape index (κ1) is 10.3. The Hall–Kier alpha value is -0.720. The summed E-state index contributed by atoms with van der Waals surface area (Å²) >= 11 is 0. The molecule has 0 N–H and O–H groups in total. The third-order valence-corrected chi connectivity index (χ3v) is 0.916. The second-order valence-corrected chi connectivity index (χ2v) is 1.61. The summed E-state index contributed by atoms with van der Waals surface area (Å²) in [5.74, 6) is -4.68. The Bertz CT molecular complexity index is 187. The number of halogens is 6. The number of rotatable bonds is 0. The van der Waals surface area contributed by atoms with Crippen molar-refractivity contribution in [1.82, 2.24) is 0 Å². The fourth-order valence-electron chi connectivity index (χ4n) is 0.472. The minimum atomic E-state index is -4.44. The van der Waals surface area contributed by atoms with Crippen LogP contribution in [0.1, 0.15) is 0 Å². The van der Waals surface area contributed by atoms with E-state index in [1.54, 1.807) is 0 Å². The maximum absolute atomic E-state index is 11.7. The van der Waals surface area contributed by atoms with Gasteiger partial charge < -0.3 is 0 Å². The van der Waals surface area contributed by atoms with Crippen LogP contribution in [0.4, 0.5) is 26.7 Å². The van der Waals surface area contributed by atoms with Gasteiger partial charge in [-0.15, -0.1) is 0 Å². The lowest BCUT2D eigenvalue weighted by Crippen LogP contribution is -2.17. The second kappa shape index (κ2) is 2.72. The minimum Gasteiger partial charge on any atom is -0.273 e. The van der Waals surface area contributed by atoms with E-state index in [1.807, 2.05) is 0 Å². The first-order valence-corrected chi connectivity index (χ1v) is 2.20. The molecule has 1 heterocycles. The maximum Gasteiger partial charge on any atom is 0.414 e. The Kier molecular flexibility index (Phi) is 2.55. The van der Waals surface area contributed by atoms with E-state index in [9.17, 15) is 22.0 Å². The SMILES string of the molecule is F.FC1=C(F)C(F)(F)OC1F. The largest absolute Gasteiger partial charge is 0.414 e. The summed E-state index contributed by atoms with van der Waals surface area (Å²) < 4.78 is 61.5. The van der Waals surface area contributed by atoms with Crippen LogP contribution in [-0.4, -0.2) is 12.5 Å². The quantitative estimate of drug-likeness (QED) is 0.519. The predicted molar refractivity (Wildman–Crippen MR) is 22.7 cm³/mol. The van der Waals surface area contributed by atoms with Crippen molar-refractivity contribution in [2.75, 3.05) is 0 Å². The Morgan fingerprint density at radius 2 is 1.73 bits per heavy atom. The van der Waals surface area contributed by atoms with Crippen molar-refractivity contribution in [3.05, 3.63) is 11.7 Å². The van der Waals surface area contributed by atoms with Crippen LogP contribution >= 0.6 is 0 Å². The smallest absolute Gasteiger partial charge is 0.273 e. The molecule has 0 saturated heterocycles. The Morgan fingerprint density at radius 1 is 1.27 bits per heavy atom. The van der Waals surface area contributed by atoms with Crippen LogP contribution < -0.4 is 0 Å². The van der Waals surface area contributed by atoms with Gasteiger partial charge in [-0.2, -0.15) is 13.2 Å². The molecule has 0 amide bonds. The third-order valence-electron chi connectivity index (χ3n) is 0.916. The minimum absolute atomic E-state index is 0. The van der Waals surface area contributed by atoms with Crippen LogP contribution in [0.3, 0.4) is 0 Å². The van der Waals surface area contributed by atoms with E-state index in [-0.39, 0.29) is 4.70 Å². The molecule has 11 heavy (non-hydrogen) atoms. The number of hydrogen-bond donors (Lipinski definition) is 0. The molecule has 7 heteroatoms. The van der Waals surface area contributed by atoms with Gasteiger partial charge in [0.05, 0.1) is 0 Å². The monoisotopic (exact) mass is 180 g/mol. The molecule has 1 nitrogen and oxygen atoms in total. The topological polar surface area (TPSA) is 9.23 Å². The summed E-state index contributed by atoms with van der Waals surface area (Å²) in [5, 5.41) is 0. The highest BCUT2D eigenvalue weighted by atomic mass is 19.3. The highest BCUT2D eigenvalue weighted by Crippen LogP contribution is 2.40. The van der Waals surface area contributed by atoms with E-state index < -0.39 is 24.1 Å². The van der Waals surface area contributed by atoms with Gasteiger partial charge in [-0.25, -0.2) is 8.78 Å². The van der Waals surface area contributed by atoms with Crippen LogP contribution in [0.15, 0.2) is 11.7 Å². The van der Waals surface area contributed by atoms with Crippen LogP contribution in [0, 0.1) is 0 Å². The van der Waals surface area contributed by atoms with E-state index in [1.165, 1.54) is 0 Å². The summed E-state index contributed by atoms with van der Waals surface area (Å²) in [6.45, 7) is 0. The van der Waals surface area contributed by atoms with E-state index >= 15 is 0 Å². The van der Waals surface area contributed by atoms with E-state index in [2.05, 4.69) is 4.74 Å². The predicted octanol–water partition coefficient (Wildman–Crippen LogP) is 2.21. The van der Waals surface area contributed by atoms with Crippen molar-refractivity contribution in [3.8, 4) is 0 Å². The first-order chi connectivity index (χ1) is 4.45. The van der Waals surface area contributed by atoms with Crippen LogP contribution in [-0.2, 0) is 4.74 Å². The molecule has 66 valence electrons. The van der Waals surface area contributed by atoms with Gasteiger partial charge in [-0.05, 0) is 0 Å². The van der Waals surface area contributed by atoms with Gasteiger partial charge in [0.25, 0.3) is 6.36 Å². The zero-order valence-electron chi connectivity index (χ0n) is 4.78. The van der Waals surface area contributed by atoms with Crippen LogP contribution in [0.25, 0.3) is 0 Å². The average molecular weight is 180 g/mol. The molecule has 0 fully saturated rings. The molecule has 1 rings (SSSR count). The maximum atomic E-state index is 11.7. The van der Waals surface area contributed by atoms with Crippen molar-refractivity contribution in [2.24, 2.45) is 0 Å². The van der Waals surface area contributed by atoms with Gasteiger partial charge in [-0.3, -0.25) is 9.44 Å². The number of alkyl halides is 3. The molecule has 1 aliphatic rings. The van der Waals surface area contributed by atoms with Gasteiger partial charge in [0.1, 0.15) is 0 Å². The first-order valence-electron chi connectivity index (χ1n) is 2.20. The van der Waals surface area contributed by atoms with Gasteiger partial charge in [0.15, 0.2) is 0 Å². The van der Waals surface area contributed by atoms with Crippen molar-refractivity contribution in [1.29, 1.82) is 0 Å². The number of ether oxygens (including phenoxy) is 1. The zero-order chi connectivity index (χ0) is 7.94. The summed E-state index contributed by atoms with van der Waals surface area (Å²) in [4.78, 5) is 0. The Morgan fingerprint density at radius 3 is 1.82 bits per heavy atom. The normalized spacial score (nSPS) is 28.6. The summed E-state index contributed by atoms with van der Waals surface area (Å²) in [5.41, 5.74) is 0. The van der Waals surface area contributed by atoms with Crippen molar-refractivity contribution in [2.45, 2.75) is 12.5 Å². The van der Waals surface area contributed by atoms with Crippen molar-refractivity contribution >= 4 is 0 Å². The van der Waals surface area contributed by atoms with E-state index in [0.29, 0.717) is 0 Å². The molecule has 1 atom stereocenters. The Balaban J connectivity index is 0.000001000. The number of hydrogen-bond acceptors (Lipinski definition) is 1. The molecule has 0 aliphatic carbocycles. The third kappa shape index (κ3) is 1.47. The lowest BCUT2D eigenvalue weighted by atomic mass is 10.5. The summed E-state index contributed by atoms with van der Waals surface area (Å²) in [6.07, 6.45) is -7.42. The fraction of sp³-hybridized carbons (Fsp3) is 0.500. The molecular formula is C4H2F6O. The standard InChI is InChI=1S/C4HF5O.FH/c5-1-2(6)4(8,9)10-3(1)7;/h3H;1H. The zero-order valence-corrected chi connectivity index (χ0v) is 4.78. The summed E-state index contributed by atoms with van der Waals surface area (Å²) in [6, 6.07) is 0. The van der Waals surface area contributed by atoms with Crippen LogP contribution in [0.5, 0.6) is 0 Å². The molecule has 0 bridgehead atoms. The van der Waals surface area contributed by atoms with Gasteiger partial charge >= 0.3 is 6.11 Å². The van der Waals surface area contributed by atoms with Gasteiger partial charge in [-0.1, -0.05) is 0 Å². The molecule has 0 aromatic rings. The molecular weight excluding hydrogens is 178 g/mol. The van der Waals surface area contributed by atoms with Gasteiger partial charge in [0, 0.05) is 0 Å². The van der Waals surface area contributed by atoms with Gasteiger partial charge in [0.2, 0.25) is 11.7 Å². The lowest BCUT2D eigenvalue weighted by molar-refractivity contribution is -0.243. The summed E-state index contributed by atoms with van der Waals surface area (Å²) in [7, 11) is 0. The van der Waals surface area contributed by atoms with Crippen molar-refractivity contribution < 1.29 is 31.4 Å². The van der Waals surface area contributed by atoms with Crippen LogP contribution in [0.2, 0.25) is 0 Å². The molecule has 0 spiro atoms. The Labute approximate surface area is 56.8 Å². The molecule has 0 aromatic heterocycles. The molecule has 0 radical (unpaired) electrons. The van der Waals surface area contributed by atoms with E-state index in [0.717, 1.165) is 0 Å². The lowest BCUT2D eigenvalue weighted by Gasteiger charge is -2.05. The molecule has 0 saturated carbocycles. The molecule has 1 unspecified atom stereocenters. The highest BCUT2D eigenvalue weighted by Gasteiger charge is 2.51. The fourth-order valence-corrected chi connectivity index (χ4v) is 0.472. The van der Waals surface area contributed by atoms with E-state index in [4.69, 9.17) is 0 Å².